The minimum absolute atomic E-state index is 0.264. The number of benzene rings is 1. The number of halogens is 1. The molecule has 2 aromatic rings. The second kappa shape index (κ2) is 4.19. The molecule has 0 N–H and O–H groups in total. The van der Waals surface area contributed by atoms with E-state index in [0.29, 0.717) is 6.61 Å². The van der Waals surface area contributed by atoms with Crippen molar-refractivity contribution in [3.05, 3.63) is 46.7 Å². The molecule has 0 saturated heterocycles. The van der Waals surface area contributed by atoms with Crippen LogP contribution in [0.2, 0.25) is 0 Å². The Bertz CT molecular complexity index is 402. The van der Waals surface area contributed by atoms with E-state index in [1.165, 1.54) is 17.4 Å². The summed E-state index contributed by atoms with van der Waals surface area (Å²) in [5, 5.41) is 1.88. The summed E-state index contributed by atoms with van der Waals surface area (Å²) < 4.78 is 18.3. The SMILES string of the molecule is Fc1ccccc1OCc1cscn1. The van der Waals surface area contributed by atoms with Gasteiger partial charge < -0.3 is 4.74 Å². The maximum Gasteiger partial charge on any atom is 0.165 e. The highest BCUT2D eigenvalue weighted by Gasteiger charge is 2.02. The van der Waals surface area contributed by atoms with Gasteiger partial charge in [0, 0.05) is 5.38 Å². The van der Waals surface area contributed by atoms with Crippen molar-refractivity contribution in [1.29, 1.82) is 0 Å². The molecule has 72 valence electrons. The zero-order valence-electron chi connectivity index (χ0n) is 7.31. The molecule has 1 aromatic carbocycles. The van der Waals surface area contributed by atoms with Crippen LogP contribution in [0.1, 0.15) is 5.69 Å². The van der Waals surface area contributed by atoms with Gasteiger partial charge in [-0.25, -0.2) is 9.37 Å². The Hall–Kier alpha value is -1.42. The van der Waals surface area contributed by atoms with Crippen LogP contribution in [0.4, 0.5) is 4.39 Å². The minimum Gasteiger partial charge on any atom is -0.484 e. The highest BCUT2D eigenvalue weighted by atomic mass is 32.1. The van der Waals surface area contributed by atoms with Crippen LogP contribution in [0.15, 0.2) is 35.2 Å². The Labute approximate surface area is 85.0 Å². The summed E-state index contributed by atoms with van der Waals surface area (Å²) in [6.07, 6.45) is 0. The maximum absolute atomic E-state index is 13.1. The molecule has 4 heteroatoms. The van der Waals surface area contributed by atoms with E-state index in [9.17, 15) is 4.39 Å². The molecule has 0 unspecified atom stereocenters. The molecule has 1 heterocycles. The fraction of sp³-hybridized carbons (Fsp3) is 0.100. The molecule has 0 aliphatic rings. The van der Waals surface area contributed by atoms with Gasteiger partial charge in [0.25, 0.3) is 0 Å². The third kappa shape index (κ3) is 2.09. The Balaban J connectivity index is 2.02. The van der Waals surface area contributed by atoms with E-state index >= 15 is 0 Å². The fourth-order valence-electron chi connectivity index (χ4n) is 1.02. The molecule has 2 rings (SSSR count). The molecular weight excluding hydrogens is 201 g/mol. The molecular formula is C10H8FNOS. The number of ether oxygens (including phenoxy) is 1. The second-order valence-electron chi connectivity index (χ2n) is 2.70. The van der Waals surface area contributed by atoms with Crippen LogP contribution in [0.5, 0.6) is 5.75 Å². The van der Waals surface area contributed by atoms with E-state index in [4.69, 9.17) is 4.74 Å². The lowest BCUT2D eigenvalue weighted by Crippen LogP contribution is -1.96. The van der Waals surface area contributed by atoms with E-state index in [1.54, 1.807) is 23.7 Å². The molecule has 0 amide bonds. The largest absolute Gasteiger partial charge is 0.484 e. The summed E-state index contributed by atoms with van der Waals surface area (Å²) in [6.45, 7) is 0.310. The number of nitrogens with zero attached hydrogens (tertiary/aromatic N) is 1. The smallest absolute Gasteiger partial charge is 0.165 e. The van der Waals surface area contributed by atoms with Crippen molar-refractivity contribution in [2.45, 2.75) is 6.61 Å². The lowest BCUT2D eigenvalue weighted by Gasteiger charge is -2.04. The highest BCUT2D eigenvalue weighted by molar-refractivity contribution is 7.07. The predicted octanol–water partition coefficient (Wildman–Crippen LogP) is 2.86. The van der Waals surface area contributed by atoms with Crippen molar-refractivity contribution in [2.24, 2.45) is 0 Å². The third-order valence-electron chi connectivity index (χ3n) is 1.70. The van der Waals surface area contributed by atoms with Crippen molar-refractivity contribution in [3.63, 3.8) is 0 Å². The van der Waals surface area contributed by atoms with Gasteiger partial charge in [0.1, 0.15) is 6.61 Å². The molecule has 0 atom stereocenters. The van der Waals surface area contributed by atoms with Gasteiger partial charge in [0.05, 0.1) is 11.2 Å². The Morgan fingerprint density at radius 3 is 2.93 bits per heavy atom. The van der Waals surface area contributed by atoms with E-state index in [-0.39, 0.29) is 11.6 Å². The molecule has 0 fully saturated rings. The molecule has 0 aliphatic heterocycles. The number of hydrogen-bond acceptors (Lipinski definition) is 3. The lowest BCUT2D eigenvalue weighted by atomic mass is 10.3. The predicted molar refractivity (Wildman–Crippen MR) is 52.8 cm³/mol. The van der Waals surface area contributed by atoms with Crippen molar-refractivity contribution in [1.82, 2.24) is 4.98 Å². The number of para-hydroxylation sites is 1. The van der Waals surface area contributed by atoms with Crippen LogP contribution >= 0.6 is 11.3 Å². The number of aromatic nitrogens is 1. The first-order valence-corrected chi connectivity index (χ1v) is 5.05. The van der Waals surface area contributed by atoms with Gasteiger partial charge in [-0.1, -0.05) is 12.1 Å². The summed E-state index contributed by atoms with van der Waals surface area (Å²) in [5.74, 6) is -0.0803. The standard InChI is InChI=1S/C10H8FNOS/c11-9-3-1-2-4-10(9)13-5-8-6-14-7-12-8/h1-4,6-7H,5H2. The van der Waals surface area contributed by atoms with Gasteiger partial charge in [0.2, 0.25) is 0 Å². The summed E-state index contributed by atoms with van der Waals surface area (Å²) in [6, 6.07) is 6.34. The van der Waals surface area contributed by atoms with Gasteiger partial charge in [-0.05, 0) is 12.1 Å². The van der Waals surface area contributed by atoms with Crippen LogP contribution in [0.3, 0.4) is 0 Å². The molecule has 14 heavy (non-hydrogen) atoms. The highest BCUT2D eigenvalue weighted by Crippen LogP contribution is 2.16. The molecule has 0 spiro atoms. The Kier molecular flexibility index (Phi) is 2.74. The first kappa shape index (κ1) is 9.15. The molecule has 0 saturated carbocycles. The van der Waals surface area contributed by atoms with E-state index in [1.807, 2.05) is 5.38 Å². The quantitative estimate of drug-likeness (QED) is 0.775. The summed E-state index contributed by atoms with van der Waals surface area (Å²) >= 11 is 1.49. The summed E-state index contributed by atoms with van der Waals surface area (Å²) in [4.78, 5) is 4.03. The van der Waals surface area contributed by atoms with Crippen molar-refractivity contribution < 1.29 is 9.13 Å². The van der Waals surface area contributed by atoms with Crippen molar-refractivity contribution >= 4 is 11.3 Å². The summed E-state index contributed by atoms with van der Waals surface area (Å²) in [5.41, 5.74) is 2.54. The number of rotatable bonds is 3. The average molecular weight is 209 g/mol. The van der Waals surface area contributed by atoms with Gasteiger partial charge in [0.15, 0.2) is 11.6 Å². The van der Waals surface area contributed by atoms with Crippen LogP contribution in [0, 0.1) is 5.82 Å². The Morgan fingerprint density at radius 2 is 2.21 bits per heavy atom. The van der Waals surface area contributed by atoms with Crippen molar-refractivity contribution in [3.8, 4) is 5.75 Å². The van der Waals surface area contributed by atoms with Crippen LogP contribution < -0.4 is 4.74 Å². The normalized spacial score (nSPS) is 10.1. The van der Waals surface area contributed by atoms with Crippen molar-refractivity contribution in [2.75, 3.05) is 0 Å². The first-order chi connectivity index (χ1) is 6.86. The topological polar surface area (TPSA) is 22.1 Å². The molecule has 1 aromatic heterocycles. The maximum atomic E-state index is 13.1. The zero-order chi connectivity index (χ0) is 9.80. The first-order valence-electron chi connectivity index (χ1n) is 4.10. The average Bonchev–Trinajstić information content (AvgIpc) is 2.69. The fourth-order valence-corrected chi connectivity index (χ4v) is 1.57. The molecule has 2 nitrogen and oxygen atoms in total. The molecule has 0 aliphatic carbocycles. The van der Waals surface area contributed by atoms with Gasteiger partial charge in [-0.15, -0.1) is 11.3 Å². The molecule has 0 radical (unpaired) electrons. The van der Waals surface area contributed by atoms with Crippen LogP contribution in [0.25, 0.3) is 0 Å². The lowest BCUT2D eigenvalue weighted by molar-refractivity contribution is 0.286. The zero-order valence-corrected chi connectivity index (χ0v) is 8.13. The third-order valence-corrected chi connectivity index (χ3v) is 2.33. The minimum atomic E-state index is -0.345. The van der Waals surface area contributed by atoms with E-state index in [2.05, 4.69) is 4.98 Å². The van der Waals surface area contributed by atoms with Gasteiger partial charge in [-0.2, -0.15) is 0 Å². The Morgan fingerprint density at radius 1 is 1.36 bits per heavy atom. The van der Waals surface area contributed by atoms with Gasteiger partial charge in [-0.3, -0.25) is 0 Å². The van der Waals surface area contributed by atoms with Crippen LogP contribution in [-0.2, 0) is 6.61 Å². The van der Waals surface area contributed by atoms with E-state index in [0.717, 1.165) is 5.69 Å². The molecule has 0 bridgehead atoms. The van der Waals surface area contributed by atoms with E-state index < -0.39 is 0 Å². The number of hydrogen-bond donors (Lipinski definition) is 0. The monoisotopic (exact) mass is 209 g/mol. The van der Waals surface area contributed by atoms with Gasteiger partial charge >= 0.3 is 0 Å². The van der Waals surface area contributed by atoms with Crippen LogP contribution in [-0.4, -0.2) is 4.98 Å². The number of thiazole rings is 1. The summed E-state index contributed by atoms with van der Waals surface area (Å²) in [7, 11) is 0. The second-order valence-corrected chi connectivity index (χ2v) is 3.42.